The summed E-state index contributed by atoms with van der Waals surface area (Å²) in [5.41, 5.74) is 2.71. The monoisotopic (exact) mass is 294 g/mol. The topological polar surface area (TPSA) is 87.0 Å². The molecule has 2 heterocycles. The molecule has 0 amide bonds. The summed E-state index contributed by atoms with van der Waals surface area (Å²) in [5.74, 6) is 2.07. The zero-order chi connectivity index (χ0) is 14.8. The summed E-state index contributed by atoms with van der Waals surface area (Å²) in [7, 11) is 0. The summed E-state index contributed by atoms with van der Waals surface area (Å²) in [6.45, 7) is 0.808. The maximum absolute atomic E-state index is 5.38. The van der Waals surface area contributed by atoms with Crippen molar-refractivity contribution in [2.24, 2.45) is 0 Å². The maximum Gasteiger partial charge on any atom is 0.231 e. The van der Waals surface area contributed by atoms with Crippen LogP contribution in [0.25, 0.3) is 16.7 Å². The number of rotatable bonds is 4. The Morgan fingerprint density at radius 3 is 2.91 bits per heavy atom. The first-order chi connectivity index (χ1) is 10.9. The van der Waals surface area contributed by atoms with Crippen molar-refractivity contribution in [3.63, 3.8) is 0 Å². The highest BCUT2D eigenvalue weighted by molar-refractivity contribution is 5.75. The molecule has 0 atom stereocenters. The van der Waals surface area contributed by atoms with Gasteiger partial charge in [0.2, 0.25) is 12.6 Å². The Balaban J connectivity index is 1.55. The summed E-state index contributed by atoms with van der Waals surface area (Å²) >= 11 is 0. The van der Waals surface area contributed by atoms with Crippen molar-refractivity contribution >= 4 is 5.69 Å². The molecule has 0 radical (unpaired) electrons. The number of hydrogen-bond donors (Lipinski definition) is 1. The Labute approximate surface area is 126 Å². The van der Waals surface area contributed by atoms with Gasteiger partial charge in [0, 0.05) is 5.56 Å². The highest BCUT2D eigenvalue weighted by atomic mass is 16.7. The van der Waals surface area contributed by atoms with E-state index in [2.05, 4.69) is 25.9 Å². The van der Waals surface area contributed by atoms with Crippen molar-refractivity contribution in [1.29, 1.82) is 0 Å². The quantitative estimate of drug-likeness (QED) is 0.799. The van der Waals surface area contributed by atoms with Gasteiger partial charge in [0.25, 0.3) is 0 Å². The first-order valence-corrected chi connectivity index (χ1v) is 6.79. The zero-order valence-corrected chi connectivity index (χ0v) is 11.6. The molecule has 0 spiro atoms. The largest absolute Gasteiger partial charge is 0.680 e. The SMILES string of the molecule is c1ccc(-c2nn[nH]n2)c([N-]Cc2ccc3c(c2)OCO3)c1. The molecule has 1 N–H and O–H groups in total. The maximum atomic E-state index is 5.38. The van der Waals surface area contributed by atoms with E-state index in [1.165, 1.54) is 0 Å². The van der Waals surface area contributed by atoms with E-state index in [4.69, 9.17) is 9.47 Å². The van der Waals surface area contributed by atoms with Gasteiger partial charge in [-0.3, -0.25) is 0 Å². The van der Waals surface area contributed by atoms with E-state index < -0.39 is 0 Å². The normalized spacial score (nSPS) is 12.4. The molecule has 22 heavy (non-hydrogen) atoms. The summed E-state index contributed by atoms with van der Waals surface area (Å²) in [6, 6.07) is 13.5. The smallest absolute Gasteiger partial charge is 0.231 e. The second kappa shape index (κ2) is 5.36. The number of aromatic nitrogens is 4. The second-order valence-electron chi connectivity index (χ2n) is 4.76. The summed E-state index contributed by atoms with van der Waals surface area (Å²) in [5, 5.41) is 18.7. The summed E-state index contributed by atoms with van der Waals surface area (Å²) in [6.07, 6.45) is 0. The Morgan fingerprint density at radius 1 is 1.09 bits per heavy atom. The number of fused-ring (bicyclic) bond motifs is 1. The van der Waals surface area contributed by atoms with Crippen LogP contribution in [0.4, 0.5) is 5.69 Å². The minimum Gasteiger partial charge on any atom is -0.680 e. The number of H-pyrrole nitrogens is 1. The van der Waals surface area contributed by atoms with Crippen molar-refractivity contribution in [3.05, 3.63) is 53.3 Å². The van der Waals surface area contributed by atoms with Gasteiger partial charge < -0.3 is 14.8 Å². The van der Waals surface area contributed by atoms with Crippen LogP contribution in [0.2, 0.25) is 0 Å². The lowest BCUT2D eigenvalue weighted by Crippen LogP contribution is -1.92. The number of nitrogens with zero attached hydrogens (tertiary/aromatic N) is 4. The van der Waals surface area contributed by atoms with Crippen LogP contribution in [0.15, 0.2) is 42.5 Å². The molecule has 1 aliphatic rings. The molecule has 3 aromatic rings. The fourth-order valence-electron chi connectivity index (χ4n) is 2.29. The molecular weight excluding hydrogens is 282 g/mol. The number of nitrogens with one attached hydrogen (secondary N) is 1. The Hall–Kier alpha value is -3.09. The molecule has 110 valence electrons. The molecule has 0 saturated heterocycles. The van der Waals surface area contributed by atoms with Gasteiger partial charge in [-0.1, -0.05) is 35.9 Å². The number of tetrazole rings is 1. The van der Waals surface area contributed by atoms with Gasteiger partial charge in [-0.2, -0.15) is 5.21 Å². The van der Waals surface area contributed by atoms with Crippen molar-refractivity contribution in [2.45, 2.75) is 6.54 Å². The van der Waals surface area contributed by atoms with Crippen molar-refractivity contribution < 1.29 is 9.47 Å². The number of aromatic amines is 1. The van der Waals surface area contributed by atoms with Gasteiger partial charge in [0.1, 0.15) is 0 Å². The number of benzene rings is 2. The lowest BCUT2D eigenvalue weighted by atomic mass is 10.1. The molecule has 7 nitrogen and oxygen atoms in total. The predicted molar refractivity (Wildman–Crippen MR) is 78.9 cm³/mol. The Morgan fingerprint density at radius 2 is 2.00 bits per heavy atom. The minimum absolute atomic E-state index is 0.274. The van der Waals surface area contributed by atoms with E-state index in [0.717, 1.165) is 28.3 Å². The highest BCUT2D eigenvalue weighted by Crippen LogP contribution is 2.35. The molecule has 1 aromatic heterocycles. The van der Waals surface area contributed by atoms with Crippen LogP contribution in [-0.2, 0) is 6.54 Å². The highest BCUT2D eigenvalue weighted by Gasteiger charge is 2.12. The average molecular weight is 294 g/mol. The van der Waals surface area contributed by atoms with E-state index in [9.17, 15) is 0 Å². The number of para-hydroxylation sites is 1. The molecule has 0 saturated carbocycles. The second-order valence-corrected chi connectivity index (χ2v) is 4.76. The molecular formula is C15H12N5O2-. The van der Waals surface area contributed by atoms with Gasteiger partial charge in [-0.05, 0) is 17.3 Å². The fraction of sp³-hybridized carbons (Fsp3) is 0.133. The lowest BCUT2D eigenvalue weighted by Gasteiger charge is -2.23. The van der Waals surface area contributed by atoms with Gasteiger partial charge in [0.15, 0.2) is 11.5 Å². The van der Waals surface area contributed by atoms with Gasteiger partial charge in [-0.25, -0.2) is 0 Å². The third kappa shape index (κ3) is 2.32. The van der Waals surface area contributed by atoms with Crippen molar-refractivity contribution in [1.82, 2.24) is 20.6 Å². The molecule has 7 heteroatoms. The van der Waals surface area contributed by atoms with Crippen molar-refractivity contribution in [2.75, 3.05) is 6.79 Å². The average Bonchev–Trinajstić information content (AvgIpc) is 3.24. The number of ether oxygens (including phenoxy) is 2. The first-order valence-electron chi connectivity index (χ1n) is 6.79. The third-order valence-electron chi connectivity index (χ3n) is 3.36. The lowest BCUT2D eigenvalue weighted by molar-refractivity contribution is 0.174. The molecule has 1 aliphatic heterocycles. The van der Waals surface area contributed by atoms with Crippen LogP contribution in [0.5, 0.6) is 11.5 Å². The third-order valence-corrected chi connectivity index (χ3v) is 3.36. The van der Waals surface area contributed by atoms with E-state index in [-0.39, 0.29) is 6.79 Å². The van der Waals surface area contributed by atoms with Crippen LogP contribution in [0.3, 0.4) is 0 Å². The van der Waals surface area contributed by atoms with Crippen LogP contribution in [0, 0.1) is 0 Å². The standard InChI is InChI=1S/C15H12N5O2/c1-2-4-12(11(3-1)15-17-19-20-18-15)16-8-10-5-6-13-14(7-10)22-9-21-13/h1-7H,8-9H2,(H,17,18,19,20)/q-1. The fourth-order valence-corrected chi connectivity index (χ4v) is 2.29. The van der Waals surface area contributed by atoms with Crippen LogP contribution in [0.1, 0.15) is 5.56 Å². The zero-order valence-electron chi connectivity index (χ0n) is 11.6. The summed E-state index contributed by atoms with van der Waals surface area (Å²) in [4.78, 5) is 0. The molecule has 0 fully saturated rings. The molecule has 0 unspecified atom stereocenters. The summed E-state index contributed by atoms with van der Waals surface area (Å²) < 4.78 is 10.7. The van der Waals surface area contributed by atoms with E-state index in [1.54, 1.807) is 0 Å². The first kappa shape index (κ1) is 12.6. The van der Waals surface area contributed by atoms with E-state index in [1.807, 2.05) is 42.5 Å². The van der Waals surface area contributed by atoms with Crippen LogP contribution in [-0.4, -0.2) is 27.4 Å². The molecule has 0 bridgehead atoms. The Kier molecular flexibility index (Phi) is 3.08. The van der Waals surface area contributed by atoms with Crippen LogP contribution < -0.4 is 9.47 Å². The Bertz CT molecular complexity index is 788. The van der Waals surface area contributed by atoms with Gasteiger partial charge >= 0.3 is 0 Å². The van der Waals surface area contributed by atoms with Crippen LogP contribution >= 0.6 is 0 Å². The molecule has 2 aromatic carbocycles. The van der Waals surface area contributed by atoms with Gasteiger partial charge in [-0.15, -0.1) is 22.4 Å². The molecule has 4 rings (SSSR count). The molecule has 0 aliphatic carbocycles. The number of hydrogen-bond acceptors (Lipinski definition) is 5. The predicted octanol–water partition coefficient (Wildman–Crippen LogP) is 2.80. The van der Waals surface area contributed by atoms with E-state index in [0.29, 0.717) is 12.4 Å². The van der Waals surface area contributed by atoms with E-state index >= 15 is 0 Å². The minimum atomic E-state index is 0.274. The van der Waals surface area contributed by atoms with Crippen molar-refractivity contribution in [3.8, 4) is 22.9 Å². The van der Waals surface area contributed by atoms with Gasteiger partial charge in [0.05, 0.1) is 0 Å².